The number of nitrogens with one attached hydrogen (secondary N) is 1. The first kappa shape index (κ1) is 14.0. The summed E-state index contributed by atoms with van der Waals surface area (Å²) in [7, 11) is 0. The zero-order valence-corrected chi connectivity index (χ0v) is 11.4. The number of piperidine rings is 1. The van der Waals surface area contributed by atoms with Gasteiger partial charge in [0.1, 0.15) is 0 Å². The Morgan fingerprint density at radius 3 is 3.16 bits per heavy atom. The number of nitrogens with two attached hydrogens (primary N) is 1. The molecule has 1 aliphatic rings. The number of rotatable bonds is 5. The Labute approximate surface area is 113 Å². The molecule has 1 amide bonds. The van der Waals surface area contributed by atoms with Crippen LogP contribution in [0, 0.1) is 6.92 Å². The summed E-state index contributed by atoms with van der Waals surface area (Å²) in [4.78, 5) is 14.2. The molecule has 1 aromatic rings. The molecule has 2 heterocycles. The summed E-state index contributed by atoms with van der Waals surface area (Å²) in [6.45, 7) is 3.85. The second-order valence-electron chi connectivity index (χ2n) is 5.08. The first-order chi connectivity index (χ1) is 9.19. The molecular weight excluding hydrogens is 244 g/mol. The molecule has 6 nitrogen and oxygen atoms in total. The molecule has 19 heavy (non-hydrogen) atoms. The van der Waals surface area contributed by atoms with Crippen molar-refractivity contribution < 1.29 is 9.32 Å². The molecule has 0 aromatic carbocycles. The summed E-state index contributed by atoms with van der Waals surface area (Å²) in [5, 5.41) is 6.47. The van der Waals surface area contributed by atoms with E-state index in [4.69, 9.17) is 10.3 Å². The number of carbonyl (C=O) groups is 1. The maximum atomic E-state index is 12.0. The maximum absolute atomic E-state index is 12.0. The minimum Gasteiger partial charge on any atom is -0.338 e. The van der Waals surface area contributed by atoms with Crippen molar-refractivity contribution in [1.29, 1.82) is 0 Å². The average molecular weight is 266 g/mol. The van der Waals surface area contributed by atoms with Crippen molar-refractivity contribution in [2.24, 2.45) is 5.73 Å². The van der Waals surface area contributed by atoms with Crippen LogP contribution in [0.4, 0.5) is 5.88 Å². The lowest BCUT2D eigenvalue weighted by atomic mass is 9.99. The topological polar surface area (TPSA) is 84.4 Å². The van der Waals surface area contributed by atoms with E-state index in [0.717, 1.165) is 31.5 Å². The molecule has 0 saturated carbocycles. The van der Waals surface area contributed by atoms with Gasteiger partial charge in [-0.1, -0.05) is 11.6 Å². The van der Waals surface area contributed by atoms with Crippen LogP contribution in [0.25, 0.3) is 0 Å². The van der Waals surface area contributed by atoms with Crippen LogP contribution in [0.15, 0.2) is 10.6 Å². The molecule has 106 valence electrons. The molecule has 1 unspecified atom stereocenters. The van der Waals surface area contributed by atoms with Crippen LogP contribution in [0.3, 0.4) is 0 Å². The predicted molar refractivity (Wildman–Crippen MR) is 72.8 cm³/mol. The molecule has 0 aliphatic carbocycles. The van der Waals surface area contributed by atoms with Gasteiger partial charge in [0.2, 0.25) is 11.8 Å². The fraction of sp³-hybridized carbons (Fsp3) is 0.692. The van der Waals surface area contributed by atoms with Crippen LogP contribution < -0.4 is 11.1 Å². The summed E-state index contributed by atoms with van der Waals surface area (Å²) >= 11 is 0. The molecule has 1 saturated heterocycles. The van der Waals surface area contributed by atoms with E-state index >= 15 is 0 Å². The van der Waals surface area contributed by atoms with Crippen molar-refractivity contribution in [3.63, 3.8) is 0 Å². The number of amides is 1. The third kappa shape index (κ3) is 4.04. The van der Waals surface area contributed by atoms with E-state index in [1.807, 2.05) is 6.92 Å². The summed E-state index contributed by atoms with van der Waals surface area (Å²) in [6, 6.07) is 2.15. The van der Waals surface area contributed by atoms with E-state index in [-0.39, 0.29) is 5.91 Å². The predicted octanol–water partition coefficient (Wildman–Crippen LogP) is 1.12. The van der Waals surface area contributed by atoms with E-state index in [2.05, 4.69) is 15.4 Å². The van der Waals surface area contributed by atoms with Gasteiger partial charge in [-0.05, 0) is 39.3 Å². The van der Waals surface area contributed by atoms with E-state index < -0.39 is 0 Å². The number of aromatic nitrogens is 1. The zero-order valence-electron chi connectivity index (χ0n) is 11.4. The Kier molecular flexibility index (Phi) is 4.93. The first-order valence-corrected chi connectivity index (χ1v) is 6.86. The first-order valence-electron chi connectivity index (χ1n) is 6.86. The largest absolute Gasteiger partial charge is 0.338 e. The van der Waals surface area contributed by atoms with Gasteiger partial charge in [0.05, 0.1) is 12.2 Å². The minimum absolute atomic E-state index is 0.0555. The number of hydrogen-bond acceptors (Lipinski definition) is 5. The van der Waals surface area contributed by atoms with Gasteiger partial charge in [-0.2, -0.15) is 0 Å². The van der Waals surface area contributed by atoms with Crippen molar-refractivity contribution in [3.8, 4) is 0 Å². The Balaban J connectivity index is 1.86. The summed E-state index contributed by atoms with van der Waals surface area (Å²) in [5.41, 5.74) is 6.39. The zero-order chi connectivity index (χ0) is 13.7. The average Bonchev–Trinajstić information content (AvgIpc) is 2.77. The third-order valence-corrected chi connectivity index (χ3v) is 3.49. The molecular formula is C13H22N4O2. The number of anilines is 1. The Morgan fingerprint density at radius 2 is 2.47 bits per heavy atom. The third-order valence-electron chi connectivity index (χ3n) is 3.49. The molecule has 1 aromatic heterocycles. The highest BCUT2D eigenvalue weighted by Crippen LogP contribution is 2.19. The molecule has 1 fully saturated rings. The standard InChI is InChI=1S/C13H22N4O2/c1-10-8-13(19-16-10)15-12(18)9-17-7-3-2-4-11(17)5-6-14/h8,11H,2-7,9,14H2,1H3,(H,15,18). The van der Waals surface area contributed by atoms with Crippen molar-refractivity contribution in [1.82, 2.24) is 10.1 Å². The Bertz CT molecular complexity index is 417. The molecule has 6 heteroatoms. The summed E-state index contributed by atoms with van der Waals surface area (Å²) in [5.74, 6) is 0.356. The van der Waals surface area contributed by atoms with Gasteiger partial charge < -0.3 is 10.3 Å². The monoisotopic (exact) mass is 266 g/mol. The molecule has 0 spiro atoms. The lowest BCUT2D eigenvalue weighted by Gasteiger charge is -2.34. The van der Waals surface area contributed by atoms with Gasteiger partial charge in [0.15, 0.2) is 0 Å². The fourth-order valence-corrected chi connectivity index (χ4v) is 2.57. The van der Waals surface area contributed by atoms with Crippen molar-refractivity contribution in [2.75, 3.05) is 25.0 Å². The molecule has 0 bridgehead atoms. The minimum atomic E-state index is -0.0555. The Morgan fingerprint density at radius 1 is 1.63 bits per heavy atom. The summed E-state index contributed by atoms with van der Waals surface area (Å²) < 4.78 is 4.98. The van der Waals surface area contributed by atoms with Crippen LogP contribution in [-0.2, 0) is 4.79 Å². The van der Waals surface area contributed by atoms with Gasteiger partial charge in [0, 0.05) is 12.1 Å². The second kappa shape index (κ2) is 6.68. The van der Waals surface area contributed by atoms with Crippen LogP contribution in [0.1, 0.15) is 31.4 Å². The highest BCUT2D eigenvalue weighted by atomic mass is 16.5. The molecule has 2 rings (SSSR count). The normalized spacial score (nSPS) is 20.4. The number of hydrogen-bond donors (Lipinski definition) is 2. The van der Waals surface area contributed by atoms with Gasteiger partial charge in [-0.15, -0.1) is 0 Å². The molecule has 1 atom stereocenters. The maximum Gasteiger partial charge on any atom is 0.240 e. The lowest BCUT2D eigenvalue weighted by molar-refractivity contribution is -0.118. The fourth-order valence-electron chi connectivity index (χ4n) is 2.57. The van der Waals surface area contributed by atoms with Gasteiger partial charge >= 0.3 is 0 Å². The second-order valence-corrected chi connectivity index (χ2v) is 5.08. The van der Waals surface area contributed by atoms with Crippen LogP contribution in [-0.4, -0.2) is 41.6 Å². The quantitative estimate of drug-likeness (QED) is 0.834. The van der Waals surface area contributed by atoms with Crippen LogP contribution >= 0.6 is 0 Å². The van der Waals surface area contributed by atoms with Crippen LogP contribution in [0.2, 0.25) is 0 Å². The van der Waals surface area contributed by atoms with E-state index in [0.29, 0.717) is 25.0 Å². The van der Waals surface area contributed by atoms with Gasteiger partial charge in [0.25, 0.3) is 0 Å². The van der Waals surface area contributed by atoms with Crippen molar-refractivity contribution >= 4 is 11.8 Å². The molecule has 3 N–H and O–H groups in total. The highest BCUT2D eigenvalue weighted by Gasteiger charge is 2.23. The Hall–Kier alpha value is -1.40. The number of nitrogens with zero attached hydrogens (tertiary/aromatic N) is 2. The van der Waals surface area contributed by atoms with Crippen molar-refractivity contribution in [2.45, 2.75) is 38.6 Å². The van der Waals surface area contributed by atoms with Gasteiger partial charge in [-0.25, -0.2) is 0 Å². The number of likely N-dealkylation sites (tertiary alicyclic amines) is 1. The van der Waals surface area contributed by atoms with Crippen LogP contribution in [0.5, 0.6) is 0 Å². The number of aryl methyl sites for hydroxylation is 1. The molecule has 0 radical (unpaired) electrons. The van der Waals surface area contributed by atoms with E-state index in [1.54, 1.807) is 6.07 Å². The SMILES string of the molecule is Cc1cc(NC(=O)CN2CCCCC2CCN)on1. The lowest BCUT2D eigenvalue weighted by Crippen LogP contribution is -2.44. The van der Waals surface area contributed by atoms with Crippen molar-refractivity contribution in [3.05, 3.63) is 11.8 Å². The van der Waals surface area contributed by atoms with Gasteiger partial charge in [-0.3, -0.25) is 15.0 Å². The smallest absolute Gasteiger partial charge is 0.240 e. The summed E-state index contributed by atoms with van der Waals surface area (Å²) in [6.07, 6.45) is 4.46. The van der Waals surface area contributed by atoms with E-state index in [9.17, 15) is 4.79 Å². The number of carbonyl (C=O) groups excluding carboxylic acids is 1. The highest BCUT2D eigenvalue weighted by molar-refractivity contribution is 5.91. The van der Waals surface area contributed by atoms with E-state index in [1.165, 1.54) is 6.42 Å². The molecule has 1 aliphatic heterocycles.